The summed E-state index contributed by atoms with van der Waals surface area (Å²) in [6.45, 7) is 7.35. The number of benzene rings is 4. The fourth-order valence-corrected chi connectivity index (χ4v) is 3.99. The van der Waals surface area contributed by atoms with Crippen LogP contribution in [0.15, 0.2) is 97.1 Å². The lowest BCUT2D eigenvalue weighted by Gasteiger charge is -2.37. The van der Waals surface area contributed by atoms with Gasteiger partial charge in [-0.05, 0) is 50.0 Å². The molecule has 1 aromatic heterocycles. The molecule has 0 atom stereocenters. The molecule has 0 radical (unpaired) electrons. The molecule has 0 aliphatic rings. The Bertz CT molecular complexity index is 1470. The van der Waals surface area contributed by atoms with Gasteiger partial charge >= 0.3 is 7.48 Å². The average molecular weight is 487 g/mol. The van der Waals surface area contributed by atoms with Crippen LogP contribution in [0.1, 0.15) is 27.7 Å². The monoisotopic (exact) mass is 487 g/mol. The minimum absolute atomic E-state index is 0.399. The second kappa shape index (κ2) is 9.89. The number of aliphatic hydroxyl groups is 1. The van der Waals surface area contributed by atoms with E-state index >= 15 is 0 Å². The normalized spacial score (nSPS) is 12.0. The molecule has 0 bridgehead atoms. The molecule has 1 N–H and O–H groups in total. The third-order valence-electron chi connectivity index (χ3n) is 6.99. The fraction of sp³-hybridized carbons (Fsp3) is 0.194. The molecular weight excluding hydrogens is 457 g/mol. The molecule has 5 nitrogen and oxygen atoms in total. The minimum atomic E-state index is -0.962. The van der Waals surface area contributed by atoms with Gasteiger partial charge < -0.3 is 9.76 Å². The first kappa shape index (κ1) is 24.8. The van der Waals surface area contributed by atoms with Crippen LogP contribution in [0.3, 0.4) is 0 Å². The predicted octanol–water partition coefficient (Wildman–Crippen LogP) is 5.57. The van der Waals surface area contributed by atoms with Crippen LogP contribution in [-0.2, 0) is 4.65 Å². The van der Waals surface area contributed by atoms with Gasteiger partial charge in [-0.1, -0.05) is 91.0 Å². The van der Waals surface area contributed by atoms with Gasteiger partial charge in [-0.3, -0.25) is 0 Å². The van der Waals surface area contributed by atoms with E-state index in [1.165, 1.54) is 0 Å². The van der Waals surface area contributed by atoms with Crippen LogP contribution in [0.2, 0.25) is 0 Å². The highest BCUT2D eigenvalue weighted by atomic mass is 16.5. The summed E-state index contributed by atoms with van der Waals surface area (Å²) in [5.41, 5.74) is 2.21. The smallest absolute Gasteiger partial charge is 0.310 e. The lowest BCUT2D eigenvalue weighted by atomic mass is 9.80. The molecule has 0 saturated heterocycles. The Balaban J connectivity index is 1.55. The first-order valence-electron chi connectivity index (χ1n) is 12.5. The zero-order valence-electron chi connectivity index (χ0n) is 21.6. The van der Waals surface area contributed by atoms with Gasteiger partial charge in [-0.25, -0.2) is 15.0 Å². The standard InChI is InChI=1S/C31H30BN3O2/c1-30(2,36)31(3,4)37-32-26-17-11-16-23-20-24(18-19-25(23)26)29-34-27(21-12-7-5-8-13-21)33-28(35-29)22-14-9-6-10-15-22/h5-20,32,36H,1-4H3. The van der Waals surface area contributed by atoms with Gasteiger partial charge in [-0.2, -0.15) is 0 Å². The highest BCUT2D eigenvalue weighted by Crippen LogP contribution is 2.27. The summed E-state index contributed by atoms with van der Waals surface area (Å²) in [5.74, 6) is 1.90. The van der Waals surface area contributed by atoms with Gasteiger partial charge in [0, 0.05) is 16.7 Å². The second-order valence-electron chi connectivity index (χ2n) is 10.2. The number of rotatable bonds is 7. The molecule has 4 aromatic carbocycles. The van der Waals surface area contributed by atoms with Crippen LogP contribution in [0, 0.1) is 0 Å². The van der Waals surface area contributed by atoms with E-state index in [0.717, 1.165) is 32.9 Å². The fourth-order valence-electron chi connectivity index (χ4n) is 3.99. The zero-order valence-corrected chi connectivity index (χ0v) is 21.6. The molecule has 0 saturated carbocycles. The highest BCUT2D eigenvalue weighted by molar-refractivity contribution is 6.51. The summed E-state index contributed by atoms with van der Waals surface area (Å²) in [6.07, 6.45) is 0. The van der Waals surface area contributed by atoms with E-state index in [-0.39, 0.29) is 0 Å². The Hall–Kier alpha value is -3.87. The van der Waals surface area contributed by atoms with Crippen molar-refractivity contribution in [2.24, 2.45) is 0 Å². The van der Waals surface area contributed by atoms with Crippen LogP contribution in [0.5, 0.6) is 0 Å². The first-order valence-corrected chi connectivity index (χ1v) is 12.5. The molecule has 0 aliphatic carbocycles. The Kier molecular flexibility index (Phi) is 6.63. The molecule has 0 spiro atoms. The van der Waals surface area contributed by atoms with E-state index in [1.807, 2.05) is 86.6 Å². The number of nitrogens with zero attached hydrogens (tertiary/aromatic N) is 3. The molecule has 0 fully saturated rings. The van der Waals surface area contributed by atoms with Crippen molar-refractivity contribution in [1.29, 1.82) is 0 Å². The number of fused-ring (bicyclic) bond motifs is 1. The third kappa shape index (κ3) is 5.31. The molecule has 0 aliphatic heterocycles. The molecular formula is C31H30BN3O2. The van der Waals surface area contributed by atoms with Crippen molar-refractivity contribution in [2.45, 2.75) is 38.9 Å². The SMILES string of the molecule is CC(C)(O)C(C)(C)OBc1cccc2cc(-c3nc(-c4ccccc4)nc(-c4ccccc4)n3)ccc12. The minimum Gasteiger partial charge on any atom is -0.427 e. The van der Waals surface area contributed by atoms with Crippen molar-refractivity contribution >= 4 is 23.7 Å². The van der Waals surface area contributed by atoms with Crippen molar-refractivity contribution in [1.82, 2.24) is 15.0 Å². The molecule has 5 rings (SSSR count). The largest absolute Gasteiger partial charge is 0.427 e. The van der Waals surface area contributed by atoms with E-state index in [1.54, 1.807) is 13.8 Å². The van der Waals surface area contributed by atoms with Crippen LogP contribution >= 0.6 is 0 Å². The third-order valence-corrected chi connectivity index (χ3v) is 6.99. The van der Waals surface area contributed by atoms with Crippen LogP contribution in [-0.4, -0.2) is 38.7 Å². The van der Waals surface area contributed by atoms with Gasteiger partial charge in [0.25, 0.3) is 0 Å². The van der Waals surface area contributed by atoms with Crippen molar-refractivity contribution < 1.29 is 9.76 Å². The van der Waals surface area contributed by atoms with E-state index in [4.69, 9.17) is 19.6 Å². The van der Waals surface area contributed by atoms with Crippen molar-refractivity contribution in [3.63, 3.8) is 0 Å². The first-order chi connectivity index (χ1) is 17.7. The summed E-state index contributed by atoms with van der Waals surface area (Å²) in [6, 6.07) is 32.4. The van der Waals surface area contributed by atoms with Crippen molar-refractivity contribution in [2.75, 3.05) is 0 Å². The Morgan fingerprint density at radius 3 is 1.70 bits per heavy atom. The van der Waals surface area contributed by atoms with E-state index in [2.05, 4.69) is 24.3 Å². The molecule has 5 aromatic rings. The van der Waals surface area contributed by atoms with Crippen LogP contribution in [0.25, 0.3) is 44.9 Å². The van der Waals surface area contributed by atoms with Crippen molar-refractivity contribution in [3.8, 4) is 34.2 Å². The van der Waals surface area contributed by atoms with Crippen LogP contribution in [0.4, 0.5) is 0 Å². The summed E-state index contributed by atoms with van der Waals surface area (Å²) >= 11 is 0. The zero-order chi connectivity index (χ0) is 26.0. The van der Waals surface area contributed by atoms with Gasteiger partial charge in [0.15, 0.2) is 17.5 Å². The summed E-state index contributed by atoms with van der Waals surface area (Å²) in [5, 5.41) is 12.6. The highest BCUT2D eigenvalue weighted by Gasteiger charge is 2.35. The van der Waals surface area contributed by atoms with Crippen LogP contribution < -0.4 is 5.46 Å². The number of hydrogen-bond acceptors (Lipinski definition) is 5. The maximum atomic E-state index is 10.5. The molecule has 1 heterocycles. The van der Waals surface area contributed by atoms with E-state index in [9.17, 15) is 5.11 Å². The van der Waals surface area contributed by atoms with Crippen molar-refractivity contribution in [3.05, 3.63) is 97.1 Å². The number of hydrogen-bond donors (Lipinski definition) is 1. The Labute approximate surface area is 218 Å². The molecule has 6 heteroatoms. The van der Waals surface area contributed by atoms with Gasteiger partial charge in [0.2, 0.25) is 0 Å². The maximum Gasteiger partial charge on any atom is 0.310 e. The van der Waals surface area contributed by atoms with Gasteiger partial charge in [-0.15, -0.1) is 0 Å². The molecule has 184 valence electrons. The quantitative estimate of drug-likeness (QED) is 0.304. The van der Waals surface area contributed by atoms with Gasteiger partial charge in [0.05, 0.1) is 11.2 Å². The second-order valence-corrected chi connectivity index (χ2v) is 10.2. The maximum absolute atomic E-state index is 10.5. The van der Waals surface area contributed by atoms with E-state index in [0.29, 0.717) is 25.0 Å². The molecule has 0 unspecified atom stereocenters. The average Bonchev–Trinajstić information content (AvgIpc) is 2.91. The summed E-state index contributed by atoms with van der Waals surface area (Å²) in [7, 11) is 0.399. The van der Waals surface area contributed by atoms with E-state index < -0.39 is 11.2 Å². The Morgan fingerprint density at radius 1 is 0.622 bits per heavy atom. The summed E-state index contributed by atoms with van der Waals surface area (Å²) < 4.78 is 6.15. The lowest BCUT2D eigenvalue weighted by molar-refractivity contribution is -0.0893. The Morgan fingerprint density at radius 2 is 1.16 bits per heavy atom. The van der Waals surface area contributed by atoms with Gasteiger partial charge in [0.1, 0.15) is 0 Å². The topological polar surface area (TPSA) is 68.1 Å². The predicted molar refractivity (Wildman–Crippen MR) is 152 cm³/mol. The molecule has 0 amide bonds. The molecule has 37 heavy (non-hydrogen) atoms. The number of aromatic nitrogens is 3. The lowest BCUT2D eigenvalue weighted by Crippen LogP contribution is -2.49. The summed E-state index contributed by atoms with van der Waals surface area (Å²) in [4.78, 5) is 14.5.